The number of hydrogen-bond donors (Lipinski definition) is 2. The number of benzene rings is 1. The average molecular weight is 355 g/mol. The number of nitrogens with two attached hydrogens (primary N) is 1. The zero-order valence-corrected chi connectivity index (χ0v) is 14.5. The number of nitrogens with zero attached hydrogens (tertiary/aromatic N) is 2. The molecule has 1 saturated heterocycles. The zero-order valence-electron chi connectivity index (χ0n) is 13.8. The minimum atomic E-state index is -0.431. The summed E-state index contributed by atoms with van der Waals surface area (Å²) in [7, 11) is 1.58. The molecule has 0 atom stereocenters. The molecule has 3 amide bonds. The summed E-state index contributed by atoms with van der Waals surface area (Å²) in [6.07, 6.45) is 1.09. The van der Waals surface area contributed by atoms with Gasteiger partial charge in [-0.05, 0) is 24.6 Å². The van der Waals surface area contributed by atoms with Crippen LogP contribution in [0.3, 0.4) is 0 Å². The minimum Gasteiger partial charge on any atom is -0.495 e. The van der Waals surface area contributed by atoms with Gasteiger partial charge in [-0.25, -0.2) is 4.79 Å². The Morgan fingerprint density at radius 2 is 1.96 bits per heavy atom. The van der Waals surface area contributed by atoms with E-state index in [-0.39, 0.29) is 5.91 Å². The van der Waals surface area contributed by atoms with Crippen molar-refractivity contribution in [2.24, 2.45) is 5.73 Å². The molecule has 132 valence electrons. The second-order valence-corrected chi connectivity index (χ2v) is 6.02. The monoisotopic (exact) mass is 354 g/mol. The molecule has 0 spiro atoms. The Balaban J connectivity index is 1.83. The largest absolute Gasteiger partial charge is 0.495 e. The quantitative estimate of drug-likeness (QED) is 0.843. The molecule has 1 fully saturated rings. The van der Waals surface area contributed by atoms with Crippen molar-refractivity contribution in [3.05, 3.63) is 23.2 Å². The van der Waals surface area contributed by atoms with Crippen molar-refractivity contribution in [3.8, 4) is 5.75 Å². The first-order valence-corrected chi connectivity index (χ1v) is 8.28. The van der Waals surface area contributed by atoms with Gasteiger partial charge in [0.25, 0.3) is 0 Å². The fraction of sp³-hybridized carbons (Fsp3) is 0.500. The standard InChI is InChI=1S/C16H23ClN4O3/c1-24-14-4-3-12(17)11-13(14)19-6-5-15(22)20-7-2-8-21(10-9-20)16(18)23/h3-4,11,19H,2,5-10H2,1H3,(H2,18,23). The molecule has 0 unspecified atom stereocenters. The van der Waals surface area contributed by atoms with Crippen molar-refractivity contribution in [1.29, 1.82) is 0 Å². The summed E-state index contributed by atoms with van der Waals surface area (Å²) in [6.45, 7) is 2.71. The van der Waals surface area contributed by atoms with Crippen LogP contribution in [0.1, 0.15) is 12.8 Å². The summed E-state index contributed by atoms with van der Waals surface area (Å²) in [5.74, 6) is 0.730. The van der Waals surface area contributed by atoms with Crippen LogP contribution in [0.5, 0.6) is 5.75 Å². The first-order valence-electron chi connectivity index (χ1n) is 7.91. The Morgan fingerprint density at radius 1 is 1.25 bits per heavy atom. The van der Waals surface area contributed by atoms with Crippen molar-refractivity contribution >= 4 is 29.2 Å². The lowest BCUT2D eigenvalue weighted by Crippen LogP contribution is -2.40. The third kappa shape index (κ3) is 4.92. The first-order chi connectivity index (χ1) is 11.5. The number of amides is 3. The smallest absolute Gasteiger partial charge is 0.314 e. The summed E-state index contributed by atoms with van der Waals surface area (Å²) >= 11 is 5.98. The lowest BCUT2D eigenvalue weighted by Gasteiger charge is -2.21. The summed E-state index contributed by atoms with van der Waals surface area (Å²) in [4.78, 5) is 26.9. The van der Waals surface area contributed by atoms with Crippen LogP contribution in [0.4, 0.5) is 10.5 Å². The lowest BCUT2D eigenvalue weighted by molar-refractivity contribution is -0.130. The number of rotatable bonds is 5. The third-order valence-electron chi connectivity index (χ3n) is 3.98. The molecule has 1 aromatic carbocycles. The Kier molecular flexibility index (Phi) is 6.54. The van der Waals surface area contributed by atoms with Crippen LogP contribution in [0, 0.1) is 0 Å². The summed E-state index contributed by atoms with van der Waals surface area (Å²) in [5.41, 5.74) is 6.05. The lowest BCUT2D eigenvalue weighted by atomic mass is 10.2. The number of carbonyl (C=O) groups is 2. The second kappa shape index (κ2) is 8.63. The van der Waals surface area contributed by atoms with Crippen molar-refractivity contribution < 1.29 is 14.3 Å². The fourth-order valence-corrected chi connectivity index (χ4v) is 2.84. The molecule has 2 rings (SSSR count). The second-order valence-electron chi connectivity index (χ2n) is 5.58. The van der Waals surface area contributed by atoms with E-state index >= 15 is 0 Å². The molecular formula is C16H23ClN4O3. The summed E-state index contributed by atoms with van der Waals surface area (Å²) in [5, 5.41) is 3.78. The number of nitrogens with one attached hydrogen (secondary N) is 1. The molecule has 8 heteroatoms. The van der Waals surface area contributed by atoms with Crippen molar-refractivity contribution in [2.45, 2.75) is 12.8 Å². The highest BCUT2D eigenvalue weighted by atomic mass is 35.5. The minimum absolute atomic E-state index is 0.0508. The van der Waals surface area contributed by atoms with E-state index in [4.69, 9.17) is 22.1 Å². The molecule has 3 N–H and O–H groups in total. The SMILES string of the molecule is COc1ccc(Cl)cc1NCCC(=O)N1CCCN(C(N)=O)CC1. The van der Waals surface area contributed by atoms with Gasteiger partial charge in [0, 0.05) is 44.2 Å². The van der Waals surface area contributed by atoms with E-state index in [9.17, 15) is 9.59 Å². The van der Waals surface area contributed by atoms with Crippen molar-refractivity contribution in [3.63, 3.8) is 0 Å². The van der Waals surface area contributed by atoms with Crippen LogP contribution < -0.4 is 15.8 Å². The highest BCUT2D eigenvalue weighted by Gasteiger charge is 2.20. The zero-order chi connectivity index (χ0) is 17.5. The van der Waals surface area contributed by atoms with Crippen LogP contribution in [0.2, 0.25) is 5.02 Å². The topological polar surface area (TPSA) is 87.9 Å². The van der Waals surface area contributed by atoms with Gasteiger partial charge in [-0.3, -0.25) is 4.79 Å². The van der Waals surface area contributed by atoms with E-state index in [1.165, 1.54) is 0 Å². The van der Waals surface area contributed by atoms with E-state index in [0.717, 1.165) is 12.1 Å². The molecule has 7 nitrogen and oxygen atoms in total. The van der Waals surface area contributed by atoms with Crippen LogP contribution in [-0.4, -0.2) is 61.6 Å². The van der Waals surface area contributed by atoms with E-state index in [2.05, 4.69) is 5.32 Å². The molecule has 1 aromatic rings. The highest BCUT2D eigenvalue weighted by Crippen LogP contribution is 2.27. The number of urea groups is 1. The fourth-order valence-electron chi connectivity index (χ4n) is 2.67. The average Bonchev–Trinajstić information content (AvgIpc) is 2.81. The number of anilines is 1. The Labute approximate surface area is 146 Å². The van der Waals surface area contributed by atoms with Crippen LogP contribution in [0.25, 0.3) is 0 Å². The van der Waals surface area contributed by atoms with Gasteiger partial charge in [-0.15, -0.1) is 0 Å². The van der Waals surface area contributed by atoms with Crippen LogP contribution in [-0.2, 0) is 4.79 Å². The highest BCUT2D eigenvalue weighted by molar-refractivity contribution is 6.30. The molecule has 0 radical (unpaired) electrons. The molecular weight excluding hydrogens is 332 g/mol. The maximum absolute atomic E-state index is 12.3. The van der Waals surface area contributed by atoms with E-state index in [1.807, 2.05) is 0 Å². The van der Waals surface area contributed by atoms with Crippen LogP contribution in [0.15, 0.2) is 18.2 Å². The van der Waals surface area contributed by atoms with Gasteiger partial charge in [0.15, 0.2) is 0 Å². The summed E-state index contributed by atoms with van der Waals surface area (Å²) in [6, 6.07) is 4.86. The predicted molar refractivity (Wildman–Crippen MR) is 93.5 cm³/mol. The van der Waals surface area contributed by atoms with Crippen molar-refractivity contribution in [2.75, 3.05) is 45.2 Å². The number of halogens is 1. The molecule has 0 saturated carbocycles. The predicted octanol–water partition coefficient (Wildman–Crippen LogP) is 1.76. The molecule has 24 heavy (non-hydrogen) atoms. The molecule has 0 aromatic heterocycles. The number of hydrogen-bond acceptors (Lipinski definition) is 4. The van der Waals surface area contributed by atoms with Gasteiger partial charge in [-0.2, -0.15) is 0 Å². The van der Waals surface area contributed by atoms with Gasteiger partial charge in [0.05, 0.1) is 12.8 Å². The molecule has 1 aliphatic heterocycles. The first kappa shape index (κ1) is 18.2. The Morgan fingerprint density at radius 3 is 2.67 bits per heavy atom. The van der Waals surface area contributed by atoms with Gasteiger partial charge in [0.1, 0.15) is 5.75 Å². The van der Waals surface area contributed by atoms with Gasteiger partial charge in [-0.1, -0.05) is 11.6 Å². The van der Waals surface area contributed by atoms with Gasteiger partial charge in [0.2, 0.25) is 5.91 Å². The molecule has 1 aliphatic rings. The van der Waals surface area contributed by atoms with E-state index < -0.39 is 6.03 Å². The van der Waals surface area contributed by atoms with Gasteiger partial charge >= 0.3 is 6.03 Å². The Hall–Kier alpha value is -2.15. The van der Waals surface area contributed by atoms with E-state index in [1.54, 1.807) is 35.1 Å². The maximum Gasteiger partial charge on any atom is 0.314 e. The van der Waals surface area contributed by atoms with E-state index in [0.29, 0.717) is 49.9 Å². The van der Waals surface area contributed by atoms with Gasteiger partial charge < -0.3 is 25.6 Å². The van der Waals surface area contributed by atoms with Crippen molar-refractivity contribution in [1.82, 2.24) is 9.80 Å². The third-order valence-corrected chi connectivity index (χ3v) is 4.21. The normalized spacial score (nSPS) is 14.9. The summed E-state index contributed by atoms with van der Waals surface area (Å²) < 4.78 is 5.26. The number of ether oxygens (including phenoxy) is 1. The van der Waals surface area contributed by atoms with Crippen LogP contribution >= 0.6 is 11.6 Å². The molecule has 1 heterocycles. The maximum atomic E-state index is 12.3. The molecule has 0 bridgehead atoms. The number of carbonyl (C=O) groups excluding carboxylic acids is 2. The number of methoxy groups -OCH3 is 1. The molecule has 0 aliphatic carbocycles. The Bertz CT molecular complexity index is 597. The number of primary amides is 1.